The summed E-state index contributed by atoms with van der Waals surface area (Å²) in [5.74, 6) is 0.891. The van der Waals surface area contributed by atoms with Crippen LogP contribution in [-0.4, -0.2) is 12.1 Å². The lowest BCUT2D eigenvalue weighted by Gasteiger charge is -2.19. The van der Waals surface area contributed by atoms with Crippen molar-refractivity contribution in [2.75, 3.05) is 6.54 Å². The Balaban J connectivity index is 1.79. The zero-order chi connectivity index (χ0) is 15.1. The van der Waals surface area contributed by atoms with Crippen molar-refractivity contribution in [1.82, 2.24) is 5.32 Å². The van der Waals surface area contributed by atoms with E-state index in [9.17, 15) is 0 Å². The summed E-state index contributed by atoms with van der Waals surface area (Å²) in [7, 11) is 0. The quantitative estimate of drug-likeness (QED) is 0.821. The van der Waals surface area contributed by atoms with Gasteiger partial charge in [0.05, 0.1) is 0 Å². The Morgan fingerprint density at radius 2 is 1.62 bits per heavy atom. The Hall–Kier alpha value is -1.84. The standard InChI is InChI=1S/C18H24N2O/c1-18(2,19)14-20-12-15-8-10-17(11-9-15)21-13-16-6-4-3-5-7-16/h3-11,20H,12-14,19H2,1-2H3. The van der Waals surface area contributed by atoms with Crippen LogP contribution in [0.3, 0.4) is 0 Å². The monoisotopic (exact) mass is 284 g/mol. The summed E-state index contributed by atoms with van der Waals surface area (Å²) >= 11 is 0. The van der Waals surface area contributed by atoms with Gasteiger partial charge in [-0.3, -0.25) is 0 Å². The predicted octanol–water partition coefficient (Wildman–Crippen LogP) is 3.09. The lowest BCUT2D eigenvalue weighted by Crippen LogP contribution is -2.42. The SMILES string of the molecule is CC(C)(N)CNCc1ccc(OCc2ccccc2)cc1. The first-order valence-electron chi connectivity index (χ1n) is 7.28. The van der Waals surface area contributed by atoms with Gasteiger partial charge in [-0.05, 0) is 37.1 Å². The molecule has 3 nitrogen and oxygen atoms in total. The lowest BCUT2D eigenvalue weighted by molar-refractivity contribution is 0.306. The van der Waals surface area contributed by atoms with Crippen molar-refractivity contribution in [2.45, 2.75) is 32.5 Å². The fourth-order valence-corrected chi connectivity index (χ4v) is 1.97. The highest BCUT2D eigenvalue weighted by Crippen LogP contribution is 2.14. The topological polar surface area (TPSA) is 47.3 Å². The van der Waals surface area contributed by atoms with E-state index in [4.69, 9.17) is 10.5 Å². The normalized spacial score (nSPS) is 11.4. The molecule has 112 valence electrons. The first-order chi connectivity index (χ1) is 10.0. The summed E-state index contributed by atoms with van der Waals surface area (Å²) in [5, 5.41) is 3.35. The molecule has 0 fully saturated rings. The summed E-state index contributed by atoms with van der Waals surface area (Å²) in [6.07, 6.45) is 0. The van der Waals surface area contributed by atoms with Crippen LogP contribution in [-0.2, 0) is 13.2 Å². The van der Waals surface area contributed by atoms with E-state index < -0.39 is 0 Å². The van der Waals surface area contributed by atoms with Crippen molar-refractivity contribution in [1.29, 1.82) is 0 Å². The number of hydrogen-bond acceptors (Lipinski definition) is 3. The molecule has 0 saturated carbocycles. The minimum Gasteiger partial charge on any atom is -0.489 e. The van der Waals surface area contributed by atoms with Crippen LogP contribution in [0.1, 0.15) is 25.0 Å². The van der Waals surface area contributed by atoms with E-state index in [-0.39, 0.29) is 5.54 Å². The van der Waals surface area contributed by atoms with Gasteiger partial charge in [-0.15, -0.1) is 0 Å². The van der Waals surface area contributed by atoms with Gasteiger partial charge < -0.3 is 15.8 Å². The van der Waals surface area contributed by atoms with Crippen LogP contribution >= 0.6 is 0 Å². The number of nitrogens with two attached hydrogens (primary N) is 1. The van der Waals surface area contributed by atoms with Crippen molar-refractivity contribution < 1.29 is 4.74 Å². The fraction of sp³-hybridized carbons (Fsp3) is 0.333. The molecule has 0 aliphatic heterocycles. The Kier molecular flexibility index (Phi) is 5.37. The van der Waals surface area contributed by atoms with Gasteiger partial charge in [0.25, 0.3) is 0 Å². The maximum Gasteiger partial charge on any atom is 0.119 e. The van der Waals surface area contributed by atoms with Gasteiger partial charge in [-0.25, -0.2) is 0 Å². The molecule has 0 radical (unpaired) electrons. The van der Waals surface area contributed by atoms with Crippen molar-refractivity contribution in [2.24, 2.45) is 5.73 Å². The Morgan fingerprint density at radius 1 is 0.952 bits per heavy atom. The zero-order valence-electron chi connectivity index (χ0n) is 12.8. The van der Waals surface area contributed by atoms with E-state index in [1.165, 1.54) is 11.1 Å². The molecule has 0 aliphatic rings. The molecule has 2 rings (SSSR count). The smallest absolute Gasteiger partial charge is 0.119 e. The molecule has 0 aromatic heterocycles. The number of hydrogen-bond donors (Lipinski definition) is 2. The molecule has 3 heteroatoms. The summed E-state index contributed by atoms with van der Waals surface area (Å²) in [4.78, 5) is 0. The van der Waals surface area contributed by atoms with Crippen LogP contribution in [0.2, 0.25) is 0 Å². The maximum atomic E-state index is 5.94. The Labute approximate surface area is 127 Å². The highest BCUT2D eigenvalue weighted by Gasteiger charge is 2.08. The van der Waals surface area contributed by atoms with Crippen molar-refractivity contribution >= 4 is 0 Å². The van der Waals surface area contributed by atoms with E-state index in [0.717, 1.165) is 18.8 Å². The van der Waals surface area contributed by atoms with Crippen LogP contribution in [0, 0.1) is 0 Å². The molecule has 0 amide bonds. The third-order valence-corrected chi connectivity index (χ3v) is 3.08. The average Bonchev–Trinajstić information content (AvgIpc) is 2.46. The molecular weight excluding hydrogens is 260 g/mol. The molecule has 0 atom stereocenters. The van der Waals surface area contributed by atoms with Gasteiger partial charge in [-0.2, -0.15) is 0 Å². The van der Waals surface area contributed by atoms with Gasteiger partial charge >= 0.3 is 0 Å². The molecule has 0 unspecified atom stereocenters. The molecule has 0 bridgehead atoms. The molecule has 0 aliphatic carbocycles. The Bertz CT molecular complexity index is 529. The average molecular weight is 284 g/mol. The third kappa shape index (κ3) is 5.98. The number of benzene rings is 2. The summed E-state index contributed by atoms with van der Waals surface area (Å²) in [6.45, 7) is 6.24. The second kappa shape index (κ2) is 7.25. The third-order valence-electron chi connectivity index (χ3n) is 3.08. The van der Waals surface area contributed by atoms with Crippen molar-refractivity contribution in [3.05, 3.63) is 65.7 Å². The van der Waals surface area contributed by atoms with Crippen LogP contribution in [0.4, 0.5) is 0 Å². The first-order valence-corrected chi connectivity index (χ1v) is 7.28. The van der Waals surface area contributed by atoms with Crippen LogP contribution in [0.25, 0.3) is 0 Å². The minimum atomic E-state index is -0.182. The van der Waals surface area contributed by atoms with E-state index in [0.29, 0.717) is 6.61 Å². The van der Waals surface area contributed by atoms with E-state index >= 15 is 0 Å². The minimum absolute atomic E-state index is 0.182. The van der Waals surface area contributed by atoms with Gasteiger partial charge in [0.2, 0.25) is 0 Å². The fourth-order valence-electron chi connectivity index (χ4n) is 1.97. The van der Waals surface area contributed by atoms with Gasteiger partial charge in [0.1, 0.15) is 12.4 Å². The largest absolute Gasteiger partial charge is 0.489 e. The highest BCUT2D eigenvalue weighted by atomic mass is 16.5. The Morgan fingerprint density at radius 3 is 2.24 bits per heavy atom. The van der Waals surface area contributed by atoms with Crippen molar-refractivity contribution in [3.8, 4) is 5.75 Å². The van der Waals surface area contributed by atoms with Crippen LogP contribution in [0.5, 0.6) is 5.75 Å². The van der Waals surface area contributed by atoms with E-state index in [2.05, 4.69) is 29.6 Å². The van der Waals surface area contributed by atoms with Crippen molar-refractivity contribution in [3.63, 3.8) is 0 Å². The van der Waals surface area contributed by atoms with E-state index in [1.54, 1.807) is 0 Å². The summed E-state index contributed by atoms with van der Waals surface area (Å²) < 4.78 is 5.77. The molecule has 3 N–H and O–H groups in total. The molecular formula is C18H24N2O. The number of nitrogens with one attached hydrogen (secondary N) is 1. The molecule has 0 heterocycles. The highest BCUT2D eigenvalue weighted by molar-refractivity contribution is 5.27. The predicted molar refractivity (Wildman–Crippen MR) is 87.2 cm³/mol. The van der Waals surface area contributed by atoms with Crippen LogP contribution in [0.15, 0.2) is 54.6 Å². The van der Waals surface area contributed by atoms with E-state index in [1.807, 2.05) is 44.2 Å². The van der Waals surface area contributed by atoms with Gasteiger partial charge in [0.15, 0.2) is 0 Å². The molecule has 21 heavy (non-hydrogen) atoms. The second-order valence-corrected chi connectivity index (χ2v) is 6.01. The second-order valence-electron chi connectivity index (χ2n) is 6.01. The van der Waals surface area contributed by atoms with Crippen LogP contribution < -0.4 is 15.8 Å². The summed E-state index contributed by atoms with van der Waals surface area (Å²) in [6, 6.07) is 18.3. The molecule has 0 saturated heterocycles. The molecule has 2 aromatic rings. The summed E-state index contributed by atoms with van der Waals surface area (Å²) in [5.41, 5.74) is 8.16. The molecule has 0 spiro atoms. The number of ether oxygens (including phenoxy) is 1. The van der Waals surface area contributed by atoms with Gasteiger partial charge in [0, 0.05) is 18.6 Å². The zero-order valence-corrected chi connectivity index (χ0v) is 12.8. The first kappa shape index (κ1) is 15.5. The number of rotatable bonds is 7. The maximum absolute atomic E-state index is 5.94. The lowest BCUT2D eigenvalue weighted by atomic mass is 10.1. The molecule has 2 aromatic carbocycles. The van der Waals surface area contributed by atoms with Gasteiger partial charge in [-0.1, -0.05) is 42.5 Å².